The fourth-order valence-electron chi connectivity index (χ4n) is 1.32. The van der Waals surface area contributed by atoms with Crippen LogP contribution in [0.5, 0.6) is 0 Å². The Hall–Kier alpha value is -2.32. The highest BCUT2D eigenvalue weighted by Crippen LogP contribution is 2.02. The third-order valence-electron chi connectivity index (χ3n) is 2.25. The fourth-order valence-corrected chi connectivity index (χ4v) is 1.32. The Bertz CT molecular complexity index is 498. The van der Waals surface area contributed by atoms with E-state index in [2.05, 4.69) is 22.5 Å². The molecule has 5 heteroatoms. The van der Waals surface area contributed by atoms with Crippen LogP contribution in [-0.2, 0) is 16.1 Å². The van der Waals surface area contributed by atoms with Gasteiger partial charge in [-0.3, -0.25) is 9.59 Å². The standard InChI is InChI=1S/C14H16N2O3/c1-11(18)15-10-14(19)16-9-13-6-4-12(5-7-13)3-2-8-17/h4-7,17H,8-10H2,1H3,(H,15,18)(H,16,19). The number of aliphatic hydroxyl groups excluding tert-OH is 1. The predicted molar refractivity (Wildman–Crippen MR) is 70.9 cm³/mol. The summed E-state index contributed by atoms with van der Waals surface area (Å²) < 4.78 is 0. The Balaban J connectivity index is 2.41. The molecule has 1 aromatic carbocycles. The summed E-state index contributed by atoms with van der Waals surface area (Å²) in [5.41, 5.74) is 1.74. The fraction of sp³-hybridized carbons (Fsp3) is 0.286. The van der Waals surface area contributed by atoms with Gasteiger partial charge < -0.3 is 15.7 Å². The largest absolute Gasteiger partial charge is 0.384 e. The average Bonchev–Trinajstić information content (AvgIpc) is 2.41. The van der Waals surface area contributed by atoms with Crippen LogP contribution in [0, 0.1) is 11.8 Å². The lowest BCUT2D eigenvalue weighted by molar-refractivity contribution is -0.125. The Kier molecular flexibility index (Phi) is 6.13. The molecule has 100 valence electrons. The molecule has 1 rings (SSSR count). The van der Waals surface area contributed by atoms with E-state index in [1.54, 1.807) is 0 Å². The Labute approximate surface area is 112 Å². The number of hydrogen-bond acceptors (Lipinski definition) is 3. The number of carbonyl (C=O) groups is 2. The first-order valence-electron chi connectivity index (χ1n) is 5.81. The van der Waals surface area contributed by atoms with Crippen molar-refractivity contribution < 1.29 is 14.7 Å². The van der Waals surface area contributed by atoms with E-state index >= 15 is 0 Å². The van der Waals surface area contributed by atoms with Crippen molar-refractivity contribution in [1.29, 1.82) is 0 Å². The summed E-state index contributed by atoms with van der Waals surface area (Å²) in [4.78, 5) is 22.0. The normalized spacial score (nSPS) is 9.16. The van der Waals surface area contributed by atoms with Crippen molar-refractivity contribution >= 4 is 11.8 Å². The van der Waals surface area contributed by atoms with Crippen molar-refractivity contribution in [2.45, 2.75) is 13.5 Å². The van der Waals surface area contributed by atoms with Crippen LogP contribution in [0.4, 0.5) is 0 Å². The van der Waals surface area contributed by atoms with Crippen molar-refractivity contribution in [1.82, 2.24) is 10.6 Å². The molecule has 2 amide bonds. The highest BCUT2D eigenvalue weighted by atomic mass is 16.2. The zero-order valence-corrected chi connectivity index (χ0v) is 10.7. The molecule has 3 N–H and O–H groups in total. The second kappa shape index (κ2) is 7.90. The zero-order valence-electron chi connectivity index (χ0n) is 10.7. The van der Waals surface area contributed by atoms with E-state index in [-0.39, 0.29) is 25.0 Å². The molecule has 19 heavy (non-hydrogen) atoms. The first kappa shape index (κ1) is 14.7. The summed E-state index contributed by atoms with van der Waals surface area (Å²) in [6, 6.07) is 7.33. The molecule has 0 radical (unpaired) electrons. The first-order chi connectivity index (χ1) is 9.11. The van der Waals surface area contributed by atoms with Gasteiger partial charge in [-0.2, -0.15) is 0 Å². The van der Waals surface area contributed by atoms with E-state index in [1.807, 2.05) is 24.3 Å². The van der Waals surface area contributed by atoms with Gasteiger partial charge in [-0.15, -0.1) is 0 Å². The van der Waals surface area contributed by atoms with Crippen LogP contribution < -0.4 is 10.6 Å². The second-order valence-electron chi connectivity index (χ2n) is 3.84. The SMILES string of the molecule is CC(=O)NCC(=O)NCc1ccc(C#CCO)cc1. The molecule has 0 saturated carbocycles. The van der Waals surface area contributed by atoms with Crippen molar-refractivity contribution in [2.75, 3.05) is 13.2 Å². The molecule has 0 spiro atoms. The molecule has 0 unspecified atom stereocenters. The van der Waals surface area contributed by atoms with Gasteiger partial charge in [-0.1, -0.05) is 24.0 Å². The van der Waals surface area contributed by atoms with Gasteiger partial charge in [0, 0.05) is 19.0 Å². The van der Waals surface area contributed by atoms with Crippen LogP contribution in [0.3, 0.4) is 0 Å². The maximum absolute atomic E-state index is 11.4. The maximum atomic E-state index is 11.4. The highest BCUT2D eigenvalue weighted by molar-refractivity contribution is 5.83. The minimum Gasteiger partial charge on any atom is -0.384 e. The van der Waals surface area contributed by atoms with E-state index in [1.165, 1.54) is 6.92 Å². The molecule has 1 aromatic rings. The minimum absolute atomic E-state index is 0.0185. The van der Waals surface area contributed by atoms with E-state index in [0.29, 0.717) is 6.54 Å². The van der Waals surface area contributed by atoms with Gasteiger partial charge in [-0.25, -0.2) is 0 Å². The number of amides is 2. The molecule has 0 aliphatic rings. The molecule has 0 bridgehead atoms. The third-order valence-corrected chi connectivity index (χ3v) is 2.25. The molecular weight excluding hydrogens is 244 g/mol. The lowest BCUT2D eigenvalue weighted by atomic mass is 10.1. The van der Waals surface area contributed by atoms with E-state index in [4.69, 9.17) is 5.11 Å². The summed E-state index contributed by atoms with van der Waals surface area (Å²) in [5, 5.41) is 13.7. The molecule has 5 nitrogen and oxygen atoms in total. The number of rotatable bonds is 4. The van der Waals surface area contributed by atoms with Crippen LogP contribution in [0.1, 0.15) is 18.1 Å². The molecule has 0 aliphatic carbocycles. The smallest absolute Gasteiger partial charge is 0.239 e. The Morgan fingerprint density at radius 2 is 1.89 bits per heavy atom. The summed E-state index contributed by atoms with van der Waals surface area (Å²) in [5.74, 6) is 4.87. The molecule has 0 saturated heterocycles. The number of carbonyl (C=O) groups excluding carboxylic acids is 2. The van der Waals surface area contributed by atoms with Crippen molar-refractivity contribution in [3.8, 4) is 11.8 Å². The van der Waals surface area contributed by atoms with Gasteiger partial charge in [-0.05, 0) is 17.7 Å². The minimum atomic E-state index is -0.237. The van der Waals surface area contributed by atoms with Crippen LogP contribution in [0.2, 0.25) is 0 Å². The molecule has 0 aliphatic heterocycles. The van der Waals surface area contributed by atoms with Crippen LogP contribution in [0.15, 0.2) is 24.3 Å². The van der Waals surface area contributed by atoms with Gasteiger partial charge in [0.2, 0.25) is 11.8 Å². The molecule has 0 heterocycles. The molecule has 0 atom stereocenters. The van der Waals surface area contributed by atoms with Crippen LogP contribution in [0.25, 0.3) is 0 Å². The molecular formula is C14H16N2O3. The number of benzene rings is 1. The van der Waals surface area contributed by atoms with Gasteiger partial charge >= 0.3 is 0 Å². The van der Waals surface area contributed by atoms with Crippen LogP contribution >= 0.6 is 0 Å². The summed E-state index contributed by atoms with van der Waals surface area (Å²) in [7, 11) is 0. The predicted octanol–water partition coefficient (Wildman–Crippen LogP) is -0.217. The van der Waals surface area contributed by atoms with Gasteiger partial charge in [0.05, 0.1) is 6.54 Å². The van der Waals surface area contributed by atoms with Crippen molar-refractivity contribution in [2.24, 2.45) is 0 Å². The summed E-state index contributed by atoms with van der Waals surface area (Å²) in [6.45, 7) is 1.57. The van der Waals surface area contributed by atoms with E-state index in [9.17, 15) is 9.59 Å². The molecule has 0 aromatic heterocycles. The quantitative estimate of drug-likeness (QED) is 0.655. The van der Waals surface area contributed by atoms with Gasteiger partial charge in [0.25, 0.3) is 0 Å². The lowest BCUT2D eigenvalue weighted by Gasteiger charge is -2.05. The van der Waals surface area contributed by atoms with E-state index in [0.717, 1.165) is 11.1 Å². The maximum Gasteiger partial charge on any atom is 0.239 e. The summed E-state index contributed by atoms with van der Waals surface area (Å²) >= 11 is 0. The van der Waals surface area contributed by atoms with Crippen LogP contribution in [-0.4, -0.2) is 30.1 Å². The van der Waals surface area contributed by atoms with Crippen molar-refractivity contribution in [3.63, 3.8) is 0 Å². The molecule has 0 fully saturated rings. The second-order valence-corrected chi connectivity index (χ2v) is 3.84. The highest BCUT2D eigenvalue weighted by Gasteiger charge is 2.01. The number of hydrogen-bond donors (Lipinski definition) is 3. The third kappa shape index (κ3) is 6.24. The summed E-state index contributed by atoms with van der Waals surface area (Å²) in [6.07, 6.45) is 0. The Morgan fingerprint density at radius 3 is 2.47 bits per heavy atom. The average molecular weight is 260 g/mol. The topological polar surface area (TPSA) is 78.4 Å². The van der Waals surface area contributed by atoms with Gasteiger partial charge in [0.1, 0.15) is 6.61 Å². The van der Waals surface area contributed by atoms with Gasteiger partial charge in [0.15, 0.2) is 0 Å². The number of nitrogens with one attached hydrogen (secondary N) is 2. The zero-order chi connectivity index (χ0) is 14.1. The Morgan fingerprint density at radius 1 is 1.21 bits per heavy atom. The van der Waals surface area contributed by atoms with Crippen molar-refractivity contribution in [3.05, 3.63) is 35.4 Å². The lowest BCUT2D eigenvalue weighted by Crippen LogP contribution is -2.35. The first-order valence-corrected chi connectivity index (χ1v) is 5.81. The van der Waals surface area contributed by atoms with E-state index < -0.39 is 0 Å². The number of aliphatic hydroxyl groups is 1. The monoisotopic (exact) mass is 260 g/mol.